The van der Waals surface area contributed by atoms with Crippen LogP contribution in [0.4, 0.5) is 0 Å². The number of amides is 1. The topological polar surface area (TPSA) is 64.3 Å². The number of carbonyl (C=O) groups is 1. The minimum Gasteiger partial charge on any atom is -0.494 e. The summed E-state index contributed by atoms with van der Waals surface area (Å²) in [5, 5.41) is 2.93. The van der Waals surface area contributed by atoms with Crippen molar-refractivity contribution in [3.63, 3.8) is 0 Å². The summed E-state index contributed by atoms with van der Waals surface area (Å²) in [5.74, 6) is 0.923. The molecule has 132 valence electrons. The molecule has 0 aromatic heterocycles. The van der Waals surface area contributed by atoms with E-state index in [1.807, 2.05) is 24.3 Å². The summed E-state index contributed by atoms with van der Waals surface area (Å²) in [4.78, 5) is 11.8. The number of ether oxygens (including phenoxy) is 1. The van der Waals surface area contributed by atoms with E-state index in [1.54, 1.807) is 0 Å². The van der Waals surface area contributed by atoms with Gasteiger partial charge in [0.25, 0.3) is 0 Å². The molecule has 0 aliphatic rings. The molecule has 23 heavy (non-hydrogen) atoms. The van der Waals surface area contributed by atoms with Gasteiger partial charge >= 0.3 is 0 Å². The lowest BCUT2D eigenvalue weighted by atomic mass is 9.94. The maximum Gasteiger partial charge on any atom is 0.220 e. The molecule has 3 N–H and O–H groups in total. The average Bonchev–Trinajstić information content (AvgIpc) is 2.54. The van der Waals surface area contributed by atoms with Crippen LogP contribution in [0.1, 0.15) is 46.0 Å². The summed E-state index contributed by atoms with van der Waals surface area (Å²) in [7, 11) is 0. The number of nitrogens with one attached hydrogen (secondary N) is 1. The monoisotopic (exact) mass is 406 g/mol. The van der Waals surface area contributed by atoms with E-state index in [9.17, 15) is 4.79 Å². The zero-order valence-electron chi connectivity index (χ0n) is 13.9. The maximum absolute atomic E-state index is 11.8. The van der Waals surface area contributed by atoms with Gasteiger partial charge in [0, 0.05) is 23.0 Å². The van der Waals surface area contributed by atoms with Gasteiger partial charge in [0.2, 0.25) is 5.91 Å². The Hall–Kier alpha value is -0.780. The van der Waals surface area contributed by atoms with E-state index in [0.29, 0.717) is 19.6 Å². The van der Waals surface area contributed by atoms with Crippen molar-refractivity contribution < 1.29 is 9.53 Å². The SMILES string of the molecule is CCC(N)(CC)CNC(=O)CCCCOc1ccc(Br)cc1.Cl. The highest BCUT2D eigenvalue weighted by Gasteiger charge is 2.20. The van der Waals surface area contributed by atoms with Crippen LogP contribution in [-0.2, 0) is 4.79 Å². The van der Waals surface area contributed by atoms with Gasteiger partial charge in [-0.15, -0.1) is 12.4 Å². The minimum absolute atomic E-state index is 0. The summed E-state index contributed by atoms with van der Waals surface area (Å²) in [5.41, 5.74) is 5.88. The van der Waals surface area contributed by atoms with Crippen LogP contribution in [0.25, 0.3) is 0 Å². The molecule has 0 radical (unpaired) electrons. The highest BCUT2D eigenvalue weighted by molar-refractivity contribution is 9.10. The van der Waals surface area contributed by atoms with Crippen LogP contribution in [0.2, 0.25) is 0 Å². The Morgan fingerprint density at radius 2 is 1.83 bits per heavy atom. The fraction of sp³-hybridized carbons (Fsp3) is 0.588. The molecule has 1 amide bonds. The number of hydrogen-bond donors (Lipinski definition) is 2. The Bertz CT molecular complexity index is 450. The van der Waals surface area contributed by atoms with Gasteiger partial charge in [-0.1, -0.05) is 29.8 Å². The third-order valence-electron chi connectivity index (χ3n) is 3.93. The summed E-state index contributed by atoms with van der Waals surface area (Å²) in [6.45, 7) is 5.28. The third-order valence-corrected chi connectivity index (χ3v) is 4.46. The molecule has 0 aliphatic heterocycles. The molecule has 4 nitrogen and oxygen atoms in total. The molecule has 6 heteroatoms. The molecule has 0 spiro atoms. The van der Waals surface area contributed by atoms with Crippen molar-refractivity contribution in [1.82, 2.24) is 5.32 Å². The predicted octanol–water partition coefficient (Wildman–Crippen LogP) is 4.05. The fourth-order valence-electron chi connectivity index (χ4n) is 1.97. The summed E-state index contributed by atoms with van der Waals surface area (Å²) >= 11 is 3.38. The van der Waals surface area contributed by atoms with Gasteiger partial charge in [-0.3, -0.25) is 4.79 Å². The molecule has 1 aromatic rings. The van der Waals surface area contributed by atoms with E-state index in [2.05, 4.69) is 35.1 Å². The number of hydrogen-bond acceptors (Lipinski definition) is 3. The van der Waals surface area contributed by atoms with Crippen molar-refractivity contribution in [3.05, 3.63) is 28.7 Å². The van der Waals surface area contributed by atoms with Gasteiger partial charge in [0.05, 0.1) is 6.61 Å². The normalized spacial score (nSPS) is 10.8. The molecule has 1 rings (SSSR count). The van der Waals surface area contributed by atoms with Gasteiger partial charge in [0.15, 0.2) is 0 Å². The Labute approximate surface area is 154 Å². The van der Waals surface area contributed by atoms with Crippen molar-refractivity contribution in [2.45, 2.75) is 51.5 Å². The first kappa shape index (κ1) is 22.2. The van der Waals surface area contributed by atoms with Crippen LogP contribution in [0.5, 0.6) is 5.75 Å². The van der Waals surface area contributed by atoms with Crippen LogP contribution >= 0.6 is 28.3 Å². The van der Waals surface area contributed by atoms with E-state index in [1.165, 1.54) is 0 Å². The van der Waals surface area contributed by atoms with Crippen molar-refractivity contribution in [3.8, 4) is 5.75 Å². The molecular formula is C17H28BrClN2O2. The number of benzene rings is 1. The van der Waals surface area contributed by atoms with Crippen molar-refractivity contribution in [2.75, 3.05) is 13.2 Å². The highest BCUT2D eigenvalue weighted by atomic mass is 79.9. The maximum atomic E-state index is 11.8. The quantitative estimate of drug-likeness (QED) is 0.575. The summed E-state index contributed by atoms with van der Waals surface area (Å²) in [6.07, 6.45) is 3.93. The second kappa shape index (κ2) is 11.7. The standard InChI is InChI=1S/C17H27BrN2O2.ClH/c1-3-17(19,4-2)13-20-16(21)7-5-6-12-22-15-10-8-14(18)9-11-15;/h8-11H,3-7,12-13,19H2,1-2H3,(H,20,21);1H. The largest absolute Gasteiger partial charge is 0.494 e. The molecule has 0 bridgehead atoms. The van der Waals surface area contributed by atoms with Gasteiger partial charge in [0.1, 0.15) is 5.75 Å². The highest BCUT2D eigenvalue weighted by Crippen LogP contribution is 2.16. The molecule has 0 heterocycles. The number of unbranched alkanes of at least 4 members (excludes halogenated alkanes) is 1. The number of halogens is 2. The molecule has 1 aromatic carbocycles. The van der Waals surface area contributed by atoms with E-state index in [4.69, 9.17) is 10.5 Å². The van der Waals surface area contributed by atoms with Crippen LogP contribution in [0, 0.1) is 0 Å². The zero-order chi connectivity index (χ0) is 16.4. The van der Waals surface area contributed by atoms with Crippen molar-refractivity contribution >= 4 is 34.2 Å². The van der Waals surface area contributed by atoms with E-state index < -0.39 is 0 Å². The second-order valence-electron chi connectivity index (χ2n) is 5.61. The lowest BCUT2D eigenvalue weighted by Gasteiger charge is -2.26. The predicted molar refractivity (Wildman–Crippen MR) is 101 cm³/mol. The van der Waals surface area contributed by atoms with Gasteiger partial charge in [-0.25, -0.2) is 0 Å². The lowest BCUT2D eigenvalue weighted by Crippen LogP contribution is -2.49. The second-order valence-corrected chi connectivity index (χ2v) is 6.52. The molecule has 0 saturated carbocycles. The van der Waals surface area contributed by atoms with Gasteiger partial charge < -0.3 is 15.8 Å². The van der Waals surface area contributed by atoms with E-state index in [0.717, 1.165) is 35.9 Å². The van der Waals surface area contributed by atoms with Crippen LogP contribution in [-0.4, -0.2) is 24.6 Å². The Kier molecular flexibility index (Phi) is 11.3. The Balaban J connectivity index is 0.00000484. The van der Waals surface area contributed by atoms with Gasteiger partial charge in [-0.2, -0.15) is 0 Å². The molecule has 0 aliphatic carbocycles. The molecule has 0 atom stereocenters. The first-order valence-electron chi connectivity index (χ1n) is 7.93. The molecule has 0 fully saturated rings. The lowest BCUT2D eigenvalue weighted by molar-refractivity contribution is -0.121. The fourth-order valence-corrected chi connectivity index (χ4v) is 2.24. The first-order chi connectivity index (χ1) is 10.5. The molecule has 0 unspecified atom stereocenters. The van der Waals surface area contributed by atoms with Crippen LogP contribution in [0.15, 0.2) is 28.7 Å². The van der Waals surface area contributed by atoms with E-state index >= 15 is 0 Å². The van der Waals surface area contributed by atoms with Gasteiger partial charge in [-0.05, 0) is 49.9 Å². The Morgan fingerprint density at radius 1 is 1.22 bits per heavy atom. The zero-order valence-corrected chi connectivity index (χ0v) is 16.3. The van der Waals surface area contributed by atoms with Crippen LogP contribution in [0.3, 0.4) is 0 Å². The minimum atomic E-state index is -0.277. The van der Waals surface area contributed by atoms with Crippen LogP contribution < -0.4 is 15.8 Å². The Morgan fingerprint density at radius 3 is 2.39 bits per heavy atom. The molecular weight excluding hydrogens is 380 g/mol. The summed E-state index contributed by atoms with van der Waals surface area (Å²) in [6, 6.07) is 7.74. The van der Waals surface area contributed by atoms with Crippen molar-refractivity contribution in [2.24, 2.45) is 5.73 Å². The van der Waals surface area contributed by atoms with E-state index in [-0.39, 0.29) is 23.9 Å². The molecule has 0 saturated heterocycles. The average molecular weight is 408 g/mol. The summed E-state index contributed by atoms with van der Waals surface area (Å²) < 4.78 is 6.65. The van der Waals surface area contributed by atoms with Crippen molar-refractivity contribution in [1.29, 1.82) is 0 Å². The third kappa shape index (κ3) is 9.18. The number of carbonyl (C=O) groups excluding carboxylic acids is 1. The number of nitrogens with two attached hydrogens (primary N) is 1. The smallest absolute Gasteiger partial charge is 0.220 e. The number of rotatable bonds is 10. The first-order valence-corrected chi connectivity index (χ1v) is 8.72.